The Morgan fingerprint density at radius 2 is 2.15 bits per heavy atom. The topological polar surface area (TPSA) is 64.4 Å². The lowest BCUT2D eigenvalue weighted by Crippen LogP contribution is -2.33. The Kier molecular flexibility index (Phi) is 4.49. The van der Waals surface area contributed by atoms with Gasteiger partial charge in [-0.05, 0) is 19.3 Å². The molecule has 0 radical (unpaired) electrons. The lowest BCUT2D eigenvalue weighted by molar-refractivity contribution is -0.385. The summed E-state index contributed by atoms with van der Waals surface area (Å²) in [5.74, 6) is -1.93. The average molecular weight is 286 g/mol. The predicted molar refractivity (Wildman–Crippen MR) is 69.7 cm³/mol. The molecule has 20 heavy (non-hydrogen) atoms. The third-order valence-electron chi connectivity index (χ3n) is 3.42. The van der Waals surface area contributed by atoms with Gasteiger partial charge in [-0.2, -0.15) is 0 Å². The molecule has 2 unspecified atom stereocenters. The normalized spacial score (nSPS) is 19.9. The fraction of sp³-hybridized carbons (Fsp3) is 0.538. The van der Waals surface area contributed by atoms with Crippen LogP contribution in [0.15, 0.2) is 12.1 Å². The molecule has 0 saturated carbocycles. The molecule has 1 aromatic rings. The molecule has 1 heterocycles. The van der Waals surface area contributed by atoms with E-state index in [1.165, 1.54) is 0 Å². The van der Waals surface area contributed by atoms with Gasteiger partial charge in [-0.15, -0.1) is 0 Å². The summed E-state index contributed by atoms with van der Waals surface area (Å²) in [7, 11) is 0. The molecule has 1 saturated heterocycles. The van der Waals surface area contributed by atoms with Crippen LogP contribution in [0.1, 0.15) is 26.2 Å². The third-order valence-corrected chi connectivity index (χ3v) is 3.42. The summed E-state index contributed by atoms with van der Waals surface area (Å²) >= 11 is 0. The molecule has 1 aliphatic heterocycles. The van der Waals surface area contributed by atoms with Crippen LogP contribution in [0.4, 0.5) is 20.2 Å². The molecule has 1 N–H and O–H groups in total. The van der Waals surface area contributed by atoms with E-state index < -0.39 is 22.2 Å². The van der Waals surface area contributed by atoms with Crippen LogP contribution in [-0.4, -0.2) is 23.7 Å². The van der Waals surface area contributed by atoms with Gasteiger partial charge in [0.2, 0.25) is 0 Å². The first-order chi connectivity index (χ1) is 9.52. The second-order valence-electron chi connectivity index (χ2n) is 4.75. The number of hydrogen-bond acceptors (Lipinski definition) is 4. The zero-order valence-corrected chi connectivity index (χ0v) is 11.1. The number of non-ortho nitro benzene ring substituents is 1. The van der Waals surface area contributed by atoms with E-state index in [1.54, 1.807) is 0 Å². The number of ether oxygens (including phenoxy) is 1. The van der Waals surface area contributed by atoms with E-state index >= 15 is 0 Å². The Bertz CT molecular complexity index is 481. The molecular weight excluding hydrogens is 270 g/mol. The Balaban J connectivity index is 2.21. The number of nitro groups is 1. The van der Waals surface area contributed by atoms with Gasteiger partial charge >= 0.3 is 0 Å². The molecule has 0 aromatic heterocycles. The average Bonchev–Trinajstić information content (AvgIpc) is 2.91. The lowest BCUT2D eigenvalue weighted by atomic mass is 10.0. The SMILES string of the molecule is CCC(Nc1c(F)cc([N+](=O)[O-])cc1F)C1CCCO1. The standard InChI is InChI=1S/C13H16F2N2O3/c1-2-11(12-4-3-5-20-12)16-13-9(14)6-8(17(18)19)7-10(13)15/h6-7,11-12,16H,2-5H2,1H3. The van der Waals surface area contributed by atoms with Gasteiger partial charge in [0.05, 0.1) is 29.2 Å². The zero-order valence-electron chi connectivity index (χ0n) is 11.1. The van der Waals surface area contributed by atoms with Crippen LogP contribution in [-0.2, 0) is 4.74 Å². The molecule has 0 amide bonds. The first-order valence-electron chi connectivity index (χ1n) is 6.54. The molecule has 0 aliphatic carbocycles. The van der Waals surface area contributed by atoms with Gasteiger partial charge < -0.3 is 10.1 Å². The summed E-state index contributed by atoms with van der Waals surface area (Å²) in [4.78, 5) is 9.71. The number of rotatable bonds is 5. The van der Waals surface area contributed by atoms with E-state index in [4.69, 9.17) is 4.74 Å². The predicted octanol–water partition coefficient (Wildman–Crippen LogP) is 3.24. The largest absolute Gasteiger partial charge is 0.376 e. The van der Waals surface area contributed by atoms with Crippen LogP contribution in [0.3, 0.4) is 0 Å². The number of anilines is 1. The highest BCUT2D eigenvalue weighted by Gasteiger charge is 2.27. The molecule has 0 spiro atoms. The smallest absolute Gasteiger partial charge is 0.275 e. The molecule has 1 aliphatic rings. The van der Waals surface area contributed by atoms with Gasteiger partial charge in [-0.25, -0.2) is 8.78 Å². The van der Waals surface area contributed by atoms with E-state index in [-0.39, 0.29) is 17.8 Å². The fourth-order valence-corrected chi connectivity index (χ4v) is 2.37. The monoisotopic (exact) mass is 286 g/mol. The highest BCUT2D eigenvalue weighted by molar-refractivity contribution is 5.52. The summed E-state index contributed by atoms with van der Waals surface area (Å²) in [5.41, 5.74) is -0.936. The highest BCUT2D eigenvalue weighted by Crippen LogP contribution is 2.28. The lowest BCUT2D eigenvalue weighted by Gasteiger charge is -2.24. The molecular formula is C13H16F2N2O3. The van der Waals surface area contributed by atoms with Gasteiger partial charge in [0.15, 0.2) is 11.6 Å². The molecule has 1 aromatic carbocycles. The van der Waals surface area contributed by atoms with Crippen molar-refractivity contribution in [3.05, 3.63) is 33.9 Å². The molecule has 2 rings (SSSR count). The Morgan fingerprint density at radius 3 is 2.60 bits per heavy atom. The van der Waals surface area contributed by atoms with E-state index in [1.807, 2.05) is 6.92 Å². The summed E-state index contributed by atoms with van der Waals surface area (Å²) < 4.78 is 33.1. The van der Waals surface area contributed by atoms with E-state index in [0.717, 1.165) is 12.8 Å². The van der Waals surface area contributed by atoms with Crippen LogP contribution in [0.2, 0.25) is 0 Å². The number of benzene rings is 1. The number of nitrogens with one attached hydrogen (secondary N) is 1. The maximum atomic E-state index is 13.8. The Morgan fingerprint density at radius 1 is 1.50 bits per heavy atom. The maximum absolute atomic E-state index is 13.8. The van der Waals surface area contributed by atoms with Gasteiger partial charge in [0.25, 0.3) is 5.69 Å². The van der Waals surface area contributed by atoms with Crippen molar-refractivity contribution in [3.8, 4) is 0 Å². The number of nitro benzene ring substituents is 1. The zero-order chi connectivity index (χ0) is 14.7. The van der Waals surface area contributed by atoms with Crippen molar-refractivity contribution < 1.29 is 18.4 Å². The van der Waals surface area contributed by atoms with Gasteiger partial charge in [0.1, 0.15) is 5.69 Å². The van der Waals surface area contributed by atoms with E-state index in [2.05, 4.69) is 5.32 Å². The van der Waals surface area contributed by atoms with Crippen LogP contribution in [0, 0.1) is 21.7 Å². The van der Waals surface area contributed by atoms with Crippen molar-refractivity contribution in [1.29, 1.82) is 0 Å². The maximum Gasteiger partial charge on any atom is 0.275 e. The molecule has 2 atom stereocenters. The minimum atomic E-state index is -0.965. The third kappa shape index (κ3) is 3.04. The Labute approximate surface area is 115 Å². The van der Waals surface area contributed by atoms with Gasteiger partial charge in [0, 0.05) is 6.61 Å². The van der Waals surface area contributed by atoms with Crippen molar-refractivity contribution in [2.75, 3.05) is 11.9 Å². The fourth-order valence-electron chi connectivity index (χ4n) is 2.37. The molecule has 1 fully saturated rings. The second-order valence-corrected chi connectivity index (χ2v) is 4.75. The van der Waals surface area contributed by atoms with Crippen molar-refractivity contribution in [2.24, 2.45) is 0 Å². The highest BCUT2D eigenvalue weighted by atomic mass is 19.1. The van der Waals surface area contributed by atoms with Crippen LogP contribution < -0.4 is 5.32 Å². The van der Waals surface area contributed by atoms with Gasteiger partial charge in [-0.1, -0.05) is 6.92 Å². The first kappa shape index (κ1) is 14.6. The molecule has 110 valence electrons. The summed E-state index contributed by atoms with van der Waals surface area (Å²) in [6, 6.07) is 1.21. The van der Waals surface area contributed by atoms with Crippen LogP contribution in [0.5, 0.6) is 0 Å². The van der Waals surface area contributed by atoms with Crippen LogP contribution >= 0.6 is 0 Å². The Hall–Kier alpha value is -1.76. The summed E-state index contributed by atoms with van der Waals surface area (Å²) in [5, 5.41) is 13.3. The van der Waals surface area contributed by atoms with Crippen molar-refractivity contribution in [3.63, 3.8) is 0 Å². The molecule has 7 heteroatoms. The van der Waals surface area contributed by atoms with Crippen LogP contribution in [0.25, 0.3) is 0 Å². The van der Waals surface area contributed by atoms with Gasteiger partial charge in [-0.3, -0.25) is 10.1 Å². The summed E-state index contributed by atoms with van der Waals surface area (Å²) in [6.07, 6.45) is 2.31. The second kappa shape index (κ2) is 6.13. The van der Waals surface area contributed by atoms with Crippen molar-refractivity contribution in [2.45, 2.75) is 38.3 Å². The van der Waals surface area contributed by atoms with E-state index in [0.29, 0.717) is 25.2 Å². The minimum Gasteiger partial charge on any atom is -0.376 e. The minimum absolute atomic E-state index is 0.0889. The van der Waals surface area contributed by atoms with Crippen molar-refractivity contribution in [1.82, 2.24) is 0 Å². The molecule has 5 nitrogen and oxygen atoms in total. The number of halogens is 2. The summed E-state index contributed by atoms with van der Waals surface area (Å²) in [6.45, 7) is 2.54. The number of nitrogens with zero attached hydrogens (tertiary/aromatic N) is 1. The van der Waals surface area contributed by atoms with Crippen molar-refractivity contribution >= 4 is 11.4 Å². The molecule has 0 bridgehead atoms. The first-order valence-corrected chi connectivity index (χ1v) is 6.54. The number of hydrogen-bond donors (Lipinski definition) is 1. The quantitative estimate of drug-likeness (QED) is 0.666. The van der Waals surface area contributed by atoms with E-state index in [9.17, 15) is 18.9 Å².